The molecule has 0 fully saturated rings. The molecule has 0 saturated carbocycles. The highest BCUT2D eigenvalue weighted by molar-refractivity contribution is 7.89. The van der Waals surface area contributed by atoms with Gasteiger partial charge in [-0.1, -0.05) is 30.3 Å². The van der Waals surface area contributed by atoms with Crippen LogP contribution in [-0.4, -0.2) is 38.8 Å². The molecule has 6 nitrogen and oxygen atoms in total. The lowest BCUT2D eigenvalue weighted by atomic mass is 10.0. The van der Waals surface area contributed by atoms with Crippen LogP contribution in [0.5, 0.6) is 0 Å². The number of carbonyl (C=O) groups excluding carboxylic acids is 1. The largest absolute Gasteiger partial charge is 0.373 e. The van der Waals surface area contributed by atoms with E-state index in [4.69, 9.17) is 0 Å². The molecule has 3 aromatic rings. The van der Waals surface area contributed by atoms with E-state index in [1.807, 2.05) is 6.07 Å². The van der Waals surface area contributed by atoms with Crippen molar-refractivity contribution in [2.24, 2.45) is 0 Å². The maximum Gasteiger partial charge on any atom is 0.246 e. The van der Waals surface area contributed by atoms with Crippen LogP contribution in [0.1, 0.15) is 18.1 Å². The number of benzene rings is 3. The molecule has 1 unspecified atom stereocenters. The van der Waals surface area contributed by atoms with E-state index in [2.05, 4.69) is 34.9 Å². The fraction of sp³-hybridized carbons (Fsp3) is 0.261. The molecule has 2 N–H and O–H groups in total. The van der Waals surface area contributed by atoms with Gasteiger partial charge in [0.2, 0.25) is 15.9 Å². The fourth-order valence-electron chi connectivity index (χ4n) is 3.87. The van der Waals surface area contributed by atoms with E-state index in [9.17, 15) is 13.2 Å². The summed E-state index contributed by atoms with van der Waals surface area (Å²) in [5.74, 6) is -0.238. The molecule has 0 heterocycles. The predicted molar refractivity (Wildman–Crippen MR) is 120 cm³/mol. The Labute approximate surface area is 177 Å². The van der Waals surface area contributed by atoms with E-state index in [-0.39, 0.29) is 10.8 Å². The molecule has 1 aliphatic carbocycles. The standard InChI is InChI=1S/C23H25N3O3S/c1-15(23(27)25-18-7-5-8-19(14-18)30(28,29)26(2)3)24-21-13-12-17-11-10-16-6-4-9-20(21)22(16)17/h4-9,12-15,24H,10-11H2,1-3H3,(H,25,27). The molecule has 0 aromatic heterocycles. The summed E-state index contributed by atoms with van der Waals surface area (Å²) in [4.78, 5) is 12.9. The summed E-state index contributed by atoms with van der Waals surface area (Å²) in [6.07, 6.45) is 2.11. The number of hydrogen-bond donors (Lipinski definition) is 2. The number of amides is 1. The van der Waals surface area contributed by atoms with Gasteiger partial charge in [-0.15, -0.1) is 0 Å². The molecule has 7 heteroatoms. The third-order valence-corrected chi connectivity index (χ3v) is 7.33. The first-order chi connectivity index (χ1) is 14.3. The zero-order valence-electron chi connectivity index (χ0n) is 17.3. The van der Waals surface area contributed by atoms with Crippen LogP contribution < -0.4 is 10.6 Å². The van der Waals surface area contributed by atoms with Crippen molar-refractivity contribution in [1.29, 1.82) is 0 Å². The molecule has 0 bridgehead atoms. The van der Waals surface area contributed by atoms with Gasteiger partial charge in [0.05, 0.1) is 4.90 Å². The summed E-state index contributed by atoms with van der Waals surface area (Å²) in [6.45, 7) is 1.79. The summed E-state index contributed by atoms with van der Waals surface area (Å²) in [6, 6.07) is 16.2. The molecule has 30 heavy (non-hydrogen) atoms. The molecule has 1 aliphatic rings. The topological polar surface area (TPSA) is 78.5 Å². The van der Waals surface area contributed by atoms with E-state index in [0.717, 1.165) is 28.2 Å². The van der Waals surface area contributed by atoms with Gasteiger partial charge in [0.15, 0.2) is 0 Å². The number of hydrogen-bond acceptors (Lipinski definition) is 4. The Morgan fingerprint density at radius 3 is 2.43 bits per heavy atom. The maximum atomic E-state index is 12.8. The van der Waals surface area contributed by atoms with Crippen LogP contribution in [0.15, 0.2) is 59.5 Å². The zero-order valence-corrected chi connectivity index (χ0v) is 18.1. The SMILES string of the molecule is CC(Nc1ccc2c3c(cccc13)CC2)C(=O)Nc1cccc(S(=O)(=O)N(C)C)c1. The van der Waals surface area contributed by atoms with Crippen molar-refractivity contribution < 1.29 is 13.2 Å². The maximum absolute atomic E-state index is 12.8. The van der Waals surface area contributed by atoms with Gasteiger partial charge >= 0.3 is 0 Å². The van der Waals surface area contributed by atoms with Gasteiger partial charge in [-0.05, 0) is 60.5 Å². The molecule has 0 radical (unpaired) electrons. The highest BCUT2D eigenvalue weighted by Gasteiger charge is 2.20. The normalized spacial score (nSPS) is 14.1. The van der Waals surface area contributed by atoms with Crippen molar-refractivity contribution in [2.45, 2.75) is 30.7 Å². The molecule has 1 amide bonds. The first-order valence-corrected chi connectivity index (χ1v) is 11.3. The highest BCUT2D eigenvalue weighted by Crippen LogP contribution is 2.35. The van der Waals surface area contributed by atoms with Crippen LogP contribution in [0.4, 0.5) is 11.4 Å². The number of sulfonamides is 1. The van der Waals surface area contributed by atoms with Crippen molar-refractivity contribution in [3.8, 4) is 0 Å². The van der Waals surface area contributed by atoms with Gasteiger partial charge in [-0.25, -0.2) is 12.7 Å². The van der Waals surface area contributed by atoms with E-state index < -0.39 is 16.1 Å². The Kier molecular flexibility index (Phi) is 5.26. The van der Waals surface area contributed by atoms with Crippen molar-refractivity contribution in [3.63, 3.8) is 0 Å². The smallest absolute Gasteiger partial charge is 0.246 e. The Bertz CT molecular complexity index is 1230. The van der Waals surface area contributed by atoms with E-state index in [1.165, 1.54) is 42.7 Å². The summed E-state index contributed by atoms with van der Waals surface area (Å²) in [5.41, 5.74) is 4.06. The van der Waals surface area contributed by atoms with Crippen LogP contribution in [-0.2, 0) is 27.7 Å². The monoisotopic (exact) mass is 423 g/mol. The van der Waals surface area contributed by atoms with Crippen molar-refractivity contribution in [3.05, 3.63) is 65.7 Å². The summed E-state index contributed by atoms with van der Waals surface area (Å²) >= 11 is 0. The van der Waals surface area contributed by atoms with Crippen LogP contribution in [0.3, 0.4) is 0 Å². The number of carbonyl (C=O) groups is 1. The molecule has 0 aliphatic heterocycles. The Hall–Kier alpha value is -2.90. The van der Waals surface area contributed by atoms with Gasteiger partial charge in [0.25, 0.3) is 0 Å². The van der Waals surface area contributed by atoms with Crippen molar-refractivity contribution >= 4 is 38.1 Å². The van der Waals surface area contributed by atoms with Gasteiger partial charge in [0.1, 0.15) is 6.04 Å². The second-order valence-corrected chi connectivity index (χ2v) is 9.93. The number of nitrogens with zero attached hydrogens (tertiary/aromatic N) is 1. The Morgan fingerprint density at radius 1 is 1.00 bits per heavy atom. The summed E-state index contributed by atoms with van der Waals surface area (Å²) in [5, 5.41) is 8.54. The molecule has 3 aromatic carbocycles. The quantitative estimate of drug-likeness (QED) is 0.635. The van der Waals surface area contributed by atoms with E-state index in [0.29, 0.717) is 5.69 Å². The molecule has 1 atom stereocenters. The first kappa shape index (κ1) is 20.4. The number of nitrogens with one attached hydrogen (secondary N) is 2. The lowest BCUT2D eigenvalue weighted by molar-refractivity contribution is -0.116. The molecular weight excluding hydrogens is 398 g/mol. The second-order valence-electron chi connectivity index (χ2n) is 7.78. The second kappa shape index (κ2) is 7.74. The van der Waals surface area contributed by atoms with Gasteiger partial charge < -0.3 is 10.6 Å². The minimum atomic E-state index is -3.56. The van der Waals surface area contributed by atoms with Crippen molar-refractivity contribution in [2.75, 3.05) is 24.7 Å². The lowest BCUT2D eigenvalue weighted by Gasteiger charge is -2.18. The number of anilines is 2. The van der Waals surface area contributed by atoms with Gasteiger partial charge in [0, 0.05) is 30.9 Å². The fourth-order valence-corrected chi connectivity index (χ4v) is 4.82. The average molecular weight is 424 g/mol. The summed E-state index contributed by atoms with van der Waals surface area (Å²) in [7, 11) is -0.610. The van der Waals surface area contributed by atoms with E-state index >= 15 is 0 Å². The lowest BCUT2D eigenvalue weighted by Crippen LogP contribution is -2.32. The predicted octanol–water partition coefficient (Wildman–Crippen LogP) is 3.63. The zero-order chi connectivity index (χ0) is 21.5. The van der Waals surface area contributed by atoms with Crippen molar-refractivity contribution in [1.82, 2.24) is 4.31 Å². The van der Waals surface area contributed by atoms with Crippen LogP contribution in [0.25, 0.3) is 10.8 Å². The Balaban J connectivity index is 1.53. The molecular formula is C23H25N3O3S. The number of aryl methyl sites for hydroxylation is 2. The van der Waals surface area contributed by atoms with E-state index in [1.54, 1.807) is 19.1 Å². The highest BCUT2D eigenvalue weighted by atomic mass is 32.2. The van der Waals surface area contributed by atoms with Crippen LogP contribution in [0.2, 0.25) is 0 Å². The third-order valence-electron chi connectivity index (χ3n) is 5.52. The molecule has 156 valence electrons. The Morgan fingerprint density at radius 2 is 1.70 bits per heavy atom. The summed E-state index contributed by atoms with van der Waals surface area (Å²) < 4.78 is 25.8. The van der Waals surface area contributed by atoms with Gasteiger partial charge in [-0.2, -0.15) is 0 Å². The average Bonchev–Trinajstić information content (AvgIpc) is 3.14. The minimum absolute atomic E-state index is 0.137. The number of rotatable bonds is 6. The van der Waals surface area contributed by atoms with Crippen LogP contribution in [0, 0.1) is 0 Å². The third kappa shape index (κ3) is 3.66. The van der Waals surface area contributed by atoms with Gasteiger partial charge in [-0.3, -0.25) is 4.79 Å². The molecule has 0 spiro atoms. The van der Waals surface area contributed by atoms with Crippen LogP contribution >= 0.6 is 0 Å². The minimum Gasteiger partial charge on any atom is -0.373 e. The molecule has 0 saturated heterocycles. The first-order valence-electron chi connectivity index (χ1n) is 9.91. The molecule has 4 rings (SSSR count).